The van der Waals surface area contributed by atoms with E-state index in [1.165, 1.54) is 44.1 Å². The van der Waals surface area contributed by atoms with Gasteiger partial charge < -0.3 is 50.4 Å². The number of aromatic hydroxyl groups is 1. The number of benzene rings is 1. The van der Waals surface area contributed by atoms with E-state index in [1.807, 2.05) is 0 Å². The molecular formula is C22H29ClN2O12Si. The molecule has 3 aliphatic carbocycles. The summed E-state index contributed by atoms with van der Waals surface area (Å²) in [4.78, 5) is 69.3. The number of aliphatic hydroxyl groups excluding tert-OH is 2. The molecular weight excluding hydrogens is 548 g/mol. The lowest BCUT2D eigenvalue weighted by atomic mass is 9.54. The zero-order chi connectivity index (χ0) is 28.4. The number of hydrogen-bond donors (Lipinski definition) is 10. The Morgan fingerprint density at radius 3 is 2.08 bits per heavy atom. The number of carbonyl (C=O) groups is 3. The third-order valence-corrected chi connectivity index (χ3v) is 7.02. The lowest BCUT2D eigenvalue weighted by Crippen LogP contribution is -2.67. The number of amides is 1. The Morgan fingerprint density at radius 1 is 1.08 bits per heavy atom. The second kappa shape index (κ2) is 10.0. The molecule has 0 spiro atoms. The van der Waals surface area contributed by atoms with E-state index >= 15 is 0 Å². The highest BCUT2D eigenvalue weighted by Crippen LogP contribution is 2.57. The maximum atomic E-state index is 13.7. The number of phenolic OH excluding ortho intramolecular Hbond substituents is 1. The zero-order valence-corrected chi connectivity index (χ0v) is 22.2. The number of halogens is 1. The molecule has 210 valence electrons. The van der Waals surface area contributed by atoms with E-state index in [0.29, 0.717) is 0 Å². The molecule has 0 aromatic heterocycles. The molecule has 16 heteroatoms. The minimum atomic E-state index is -4.61. The molecule has 5 atom stereocenters. The maximum Gasteiger partial charge on any atom is 0.668 e. The minimum Gasteiger partial charge on any atom is -0.508 e. The van der Waals surface area contributed by atoms with Gasteiger partial charge in [0.2, 0.25) is 5.78 Å². The average Bonchev–Trinajstić information content (AvgIpc) is 2.73. The quantitative estimate of drug-likeness (QED) is 0.128. The van der Waals surface area contributed by atoms with E-state index in [4.69, 9.17) is 24.9 Å². The van der Waals surface area contributed by atoms with E-state index in [-0.39, 0.29) is 30.0 Å². The lowest BCUT2D eigenvalue weighted by molar-refractivity contribution is -0.159. The molecule has 1 aromatic rings. The third-order valence-electron chi connectivity index (χ3n) is 7.02. The normalized spacial score (nSPS) is 30.5. The first kappa shape index (κ1) is 31.4. The van der Waals surface area contributed by atoms with E-state index in [9.17, 15) is 39.9 Å². The number of primary amides is 1. The van der Waals surface area contributed by atoms with Crippen molar-refractivity contribution in [1.29, 1.82) is 0 Å². The van der Waals surface area contributed by atoms with Gasteiger partial charge in [-0.25, -0.2) is 0 Å². The van der Waals surface area contributed by atoms with Crippen LogP contribution in [0.3, 0.4) is 0 Å². The number of nitrogens with two attached hydrogens (primary N) is 1. The van der Waals surface area contributed by atoms with Crippen molar-refractivity contribution in [2.45, 2.75) is 30.6 Å². The van der Waals surface area contributed by atoms with Crippen LogP contribution in [0.1, 0.15) is 24.5 Å². The molecule has 0 unspecified atom stereocenters. The standard InChI is InChI=1S/C22H24N2O8.ClH.H4O4Si/c1-21(31)8-5-4-6-11(25)12(8)16(26)13-9(21)7-10-15(24(2)3)17(27)14(20(23)30)19(29)22(10,32)18(13)28;;1-5(2,3)4/h4-6,9-10,15,25-26,29,31-32H,7H2,1-3H3,(H2,23,30);1H;1-4H/t9-,10-,15-,21+,22-;;/m0../s1. The van der Waals surface area contributed by atoms with Gasteiger partial charge in [-0.05, 0) is 39.1 Å². The van der Waals surface area contributed by atoms with Gasteiger partial charge in [0.25, 0.3) is 5.91 Å². The van der Waals surface area contributed by atoms with Crippen molar-refractivity contribution in [3.63, 3.8) is 0 Å². The van der Waals surface area contributed by atoms with Crippen LogP contribution < -0.4 is 5.73 Å². The van der Waals surface area contributed by atoms with Gasteiger partial charge in [-0.1, -0.05) is 12.1 Å². The molecule has 0 heterocycles. The SMILES string of the molecule is CN(C)[C@@H]1C(=O)C(C(N)=O)=C(O)[C@@]2(O)C(=O)C3=C(O)c4c(O)cccc4[C@@](C)(O)[C@H]3C[C@@H]12.Cl.O[Si](O)(O)O. The Labute approximate surface area is 223 Å². The summed E-state index contributed by atoms with van der Waals surface area (Å²) in [6.07, 6.45) is -0.200. The van der Waals surface area contributed by atoms with Gasteiger partial charge in [0.05, 0.1) is 17.2 Å². The first-order chi connectivity index (χ1) is 16.8. The van der Waals surface area contributed by atoms with Crippen LogP contribution in [-0.4, -0.2) is 102 Å². The summed E-state index contributed by atoms with van der Waals surface area (Å²) in [5, 5.41) is 54.9. The summed E-state index contributed by atoms with van der Waals surface area (Å²) in [5.74, 6) is -7.90. The summed E-state index contributed by atoms with van der Waals surface area (Å²) in [5.41, 5.74) is -0.548. The summed E-state index contributed by atoms with van der Waals surface area (Å²) in [7, 11) is -1.60. The lowest BCUT2D eigenvalue weighted by Gasteiger charge is -2.53. The zero-order valence-electron chi connectivity index (χ0n) is 20.4. The van der Waals surface area contributed by atoms with Gasteiger partial charge in [0.1, 0.15) is 22.8 Å². The first-order valence-electron chi connectivity index (χ1n) is 10.9. The number of hydrogen-bond acceptors (Lipinski definition) is 13. The smallest absolute Gasteiger partial charge is 0.508 e. The molecule has 11 N–H and O–H groups in total. The number of phenols is 1. The predicted octanol–water partition coefficient (Wildman–Crippen LogP) is -2.56. The average molecular weight is 577 g/mol. The highest BCUT2D eigenvalue weighted by atomic mass is 35.5. The second-order valence-electron chi connectivity index (χ2n) is 9.56. The van der Waals surface area contributed by atoms with Crippen molar-refractivity contribution in [1.82, 2.24) is 4.90 Å². The van der Waals surface area contributed by atoms with Crippen molar-refractivity contribution >= 4 is 44.7 Å². The predicted molar refractivity (Wildman–Crippen MR) is 132 cm³/mol. The second-order valence-corrected chi connectivity index (χ2v) is 10.8. The Bertz CT molecular complexity index is 1250. The topological polar surface area (TPSA) is 263 Å². The van der Waals surface area contributed by atoms with Crippen molar-refractivity contribution in [2.24, 2.45) is 17.6 Å². The van der Waals surface area contributed by atoms with E-state index < -0.39 is 84.0 Å². The highest BCUT2D eigenvalue weighted by molar-refractivity contribution is 6.46. The molecule has 1 amide bonds. The van der Waals surface area contributed by atoms with Crippen molar-refractivity contribution < 1.29 is 59.1 Å². The summed E-state index contributed by atoms with van der Waals surface area (Å²) >= 11 is 0. The van der Waals surface area contributed by atoms with Gasteiger partial charge in [0.15, 0.2) is 11.4 Å². The van der Waals surface area contributed by atoms with Crippen molar-refractivity contribution in [3.05, 3.63) is 46.2 Å². The highest BCUT2D eigenvalue weighted by Gasteiger charge is 2.66. The number of nitrogens with zero attached hydrogens (tertiary/aromatic N) is 1. The van der Waals surface area contributed by atoms with Gasteiger partial charge in [-0.3, -0.25) is 19.3 Å². The fourth-order valence-corrected chi connectivity index (χ4v) is 5.50. The van der Waals surface area contributed by atoms with Gasteiger partial charge >= 0.3 is 9.05 Å². The molecule has 1 fully saturated rings. The van der Waals surface area contributed by atoms with Crippen LogP contribution in [0.15, 0.2) is 35.1 Å². The van der Waals surface area contributed by atoms with E-state index in [0.717, 1.165) is 0 Å². The molecule has 0 saturated heterocycles. The Balaban J connectivity index is 0.000000774. The molecule has 1 saturated carbocycles. The maximum absolute atomic E-state index is 13.7. The number of aliphatic hydroxyl groups is 4. The number of carbonyl (C=O) groups excluding carboxylic acids is 3. The van der Waals surface area contributed by atoms with Crippen LogP contribution in [0, 0.1) is 11.8 Å². The van der Waals surface area contributed by atoms with E-state index in [2.05, 4.69) is 0 Å². The molecule has 3 aliphatic rings. The Morgan fingerprint density at radius 2 is 1.61 bits per heavy atom. The monoisotopic (exact) mass is 576 g/mol. The van der Waals surface area contributed by atoms with Crippen molar-refractivity contribution in [2.75, 3.05) is 14.1 Å². The largest absolute Gasteiger partial charge is 0.668 e. The van der Waals surface area contributed by atoms with E-state index in [1.54, 1.807) is 0 Å². The summed E-state index contributed by atoms with van der Waals surface area (Å²) in [6, 6.07) is 3.02. The van der Waals surface area contributed by atoms with Crippen molar-refractivity contribution in [3.8, 4) is 5.75 Å². The van der Waals surface area contributed by atoms with Crippen LogP contribution >= 0.6 is 12.4 Å². The first-order valence-corrected chi connectivity index (χ1v) is 12.7. The fraction of sp³-hybridized carbons (Fsp3) is 0.409. The Hall–Kier alpha value is -2.86. The van der Waals surface area contributed by atoms with Gasteiger partial charge in [-0.2, -0.15) is 0 Å². The van der Waals surface area contributed by atoms with Crippen LogP contribution in [0.25, 0.3) is 5.76 Å². The third kappa shape index (κ3) is 4.72. The van der Waals surface area contributed by atoms with Gasteiger partial charge in [-0.15, -0.1) is 12.4 Å². The molecule has 0 bridgehead atoms. The van der Waals surface area contributed by atoms with Crippen LogP contribution in [-0.2, 0) is 20.0 Å². The number of fused-ring (bicyclic) bond motifs is 3. The summed E-state index contributed by atoms with van der Waals surface area (Å²) in [6.45, 7) is 1.40. The molecule has 0 radical (unpaired) electrons. The fourth-order valence-electron chi connectivity index (χ4n) is 5.50. The molecule has 14 nitrogen and oxygen atoms in total. The number of ketones is 2. The van der Waals surface area contributed by atoms with Crippen LogP contribution in [0.2, 0.25) is 0 Å². The molecule has 4 rings (SSSR count). The number of rotatable bonds is 2. The summed E-state index contributed by atoms with van der Waals surface area (Å²) < 4.78 is 0. The minimum absolute atomic E-state index is 0. The van der Waals surface area contributed by atoms with Crippen LogP contribution in [0.4, 0.5) is 0 Å². The molecule has 0 aliphatic heterocycles. The molecule has 38 heavy (non-hydrogen) atoms. The van der Waals surface area contributed by atoms with Crippen LogP contribution in [0.5, 0.6) is 5.75 Å². The molecule has 1 aromatic carbocycles. The number of Topliss-reactive ketones (excluding diaryl/α,β-unsaturated/α-hetero) is 2. The number of likely N-dealkylation sites (N-methyl/N-ethyl adjacent to an activating group) is 1. The van der Waals surface area contributed by atoms with Gasteiger partial charge in [0, 0.05) is 17.4 Å². The Kier molecular flexibility index (Phi) is 8.27.